The van der Waals surface area contributed by atoms with E-state index in [2.05, 4.69) is 15.3 Å². The van der Waals surface area contributed by atoms with Gasteiger partial charge in [-0.2, -0.15) is 0 Å². The summed E-state index contributed by atoms with van der Waals surface area (Å²) in [7, 11) is 0. The molecule has 4 rings (SSSR count). The van der Waals surface area contributed by atoms with Crippen molar-refractivity contribution in [2.24, 2.45) is 0 Å². The topological polar surface area (TPSA) is 80.0 Å². The van der Waals surface area contributed by atoms with Gasteiger partial charge in [-0.1, -0.05) is 36.2 Å². The smallest absolute Gasteiger partial charge is 0.352 e. The quantitative estimate of drug-likeness (QED) is 0.714. The summed E-state index contributed by atoms with van der Waals surface area (Å²) in [6.07, 6.45) is 6.74. The SMILES string of the molecule is Cc1ccc(Cn2c(C(=O)O)c(CNC3CCC3)c3cncnc32)cc1. The Morgan fingerprint density at radius 3 is 2.73 bits per heavy atom. The van der Waals surface area contributed by atoms with Crippen LogP contribution in [-0.2, 0) is 13.1 Å². The lowest BCUT2D eigenvalue weighted by molar-refractivity contribution is 0.0684. The highest BCUT2D eigenvalue weighted by molar-refractivity contribution is 5.96. The normalized spacial score (nSPS) is 14.5. The molecule has 2 heterocycles. The number of hydrogen-bond donors (Lipinski definition) is 2. The van der Waals surface area contributed by atoms with E-state index in [0.29, 0.717) is 30.5 Å². The number of carboxylic acids is 1. The molecule has 2 aromatic heterocycles. The first-order valence-corrected chi connectivity index (χ1v) is 8.97. The fourth-order valence-electron chi connectivity index (χ4n) is 3.46. The molecule has 1 aliphatic carbocycles. The van der Waals surface area contributed by atoms with E-state index in [4.69, 9.17) is 0 Å². The average Bonchev–Trinajstić information content (AvgIpc) is 2.90. The van der Waals surface area contributed by atoms with Gasteiger partial charge in [0, 0.05) is 36.3 Å². The summed E-state index contributed by atoms with van der Waals surface area (Å²) in [5.41, 5.74) is 3.97. The Labute approximate surface area is 151 Å². The van der Waals surface area contributed by atoms with Crippen LogP contribution < -0.4 is 5.32 Å². The minimum Gasteiger partial charge on any atom is -0.477 e. The molecule has 0 spiro atoms. The molecule has 0 amide bonds. The third-order valence-corrected chi connectivity index (χ3v) is 5.16. The highest BCUT2D eigenvalue weighted by Gasteiger charge is 2.25. The van der Waals surface area contributed by atoms with Crippen LogP contribution in [0.2, 0.25) is 0 Å². The average molecular weight is 350 g/mol. The molecule has 6 heteroatoms. The Morgan fingerprint density at radius 1 is 1.31 bits per heavy atom. The van der Waals surface area contributed by atoms with E-state index in [1.165, 1.54) is 18.3 Å². The first-order chi connectivity index (χ1) is 12.6. The minimum absolute atomic E-state index is 0.299. The molecule has 0 bridgehead atoms. The number of aromatic carboxylic acids is 1. The molecule has 6 nitrogen and oxygen atoms in total. The lowest BCUT2D eigenvalue weighted by atomic mass is 9.93. The Kier molecular flexibility index (Phi) is 4.42. The first-order valence-electron chi connectivity index (χ1n) is 8.97. The van der Waals surface area contributed by atoms with Gasteiger partial charge in [-0.05, 0) is 25.3 Å². The molecule has 0 atom stereocenters. The van der Waals surface area contributed by atoms with Crippen molar-refractivity contribution in [3.63, 3.8) is 0 Å². The number of nitrogens with zero attached hydrogens (tertiary/aromatic N) is 3. The van der Waals surface area contributed by atoms with Gasteiger partial charge in [0.15, 0.2) is 0 Å². The molecule has 134 valence electrons. The Morgan fingerprint density at radius 2 is 2.08 bits per heavy atom. The van der Waals surface area contributed by atoms with Crippen LogP contribution in [0, 0.1) is 6.92 Å². The van der Waals surface area contributed by atoms with Crippen LogP contribution in [0.3, 0.4) is 0 Å². The molecular formula is C20H22N4O2. The van der Waals surface area contributed by atoms with E-state index >= 15 is 0 Å². The van der Waals surface area contributed by atoms with Crippen LogP contribution in [0.1, 0.15) is 46.4 Å². The first kappa shape index (κ1) is 16.7. The zero-order valence-corrected chi connectivity index (χ0v) is 14.8. The highest BCUT2D eigenvalue weighted by atomic mass is 16.4. The second-order valence-corrected chi connectivity index (χ2v) is 6.97. The second kappa shape index (κ2) is 6.88. The fourth-order valence-corrected chi connectivity index (χ4v) is 3.46. The van der Waals surface area contributed by atoms with Crippen LogP contribution in [0.5, 0.6) is 0 Å². The molecular weight excluding hydrogens is 328 g/mol. The Balaban J connectivity index is 1.78. The molecule has 2 N–H and O–H groups in total. The number of aryl methyl sites for hydroxylation is 1. The molecule has 1 fully saturated rings. The molecule has 1 aromatic carbocycles. The number of rotatable bonds is 6. The molecule has 0 aliphatic heterocycles. The van der Waals surface area contributed by atoms with E-state index < -0.39 is 5.97 Å². The maximum atomic E-state index is 12.1. The summed E-state index contributed by atoms with van der Waals surface area (Å²) in [5.74, 6) is -0.930. The van der Waals surface area contributed by atoms with Gasteiger partial charge in [0.1, 0.15) is 17.7 Å². The van der Waals surface area contributed by atoms with Crippen LogP contribution >= 0.6 is 0 Å². The van der Waals surface area contributed by atoms with Gasteiger partial charge < -0.3 is 15.0 Å². The predicted molar refractivity (Wildman–Crippen MR) is 99.2 cm³/mol. The number of nitrogens with one attached hydrogen (secondary N) is 1. The van der Waals surface area contributed by atoms with Gasteiger partial charge in [0.2, 0.25) is 0 Å². The van der Waals surface area contributed by atoms with Crippen molar-refractivity contribution < 1.29 is 9.90 Å². The maximum Gasteiger partial charge on any atom is 0.352 e. The zero-order chi connectivity index (χ0) is 18.1. The van der Waals surface area contributed by atoms with Gasteiger partial charge in [0.25, 0.3) is 0 Å². The summed E-state index contributed by atoms with van der Waals surface area (Å²) < 4.78 is 1.79. The van der Waals surface area contributed by atoms with Crippen molar-refractivity contribution in [2.45, 2.75) is 45.3 Å². The highest BCUT2D eigenvalue weighted by Crippen LogP contribution is 2.27. The van der Waals surface area contributed by atoms with Crippen LogP contribution in [0.25, 0.3) is 11.0 Å². The van der Waals surface area contributed by atoms with Gasteiger partial charge in [-0.15, -0.1) is 0 Å². The number of carboxylic acid groups (broad SMARTS) is 1. The van der Waals surface area contributed by atoms with Crippen LogP contribution in [0.4, 0.5) is 0 Å². The summed E-state index contributed by atoms with van der Waals surface area (Å²) >= 11 is 0. The number of benzene rings is 1. The second-order valence-electron chi connectivity index (χ2n) is 6.97. The van der Waals surface area contributed by atoms with Crippen molar-refractivity contribution in [2.75, 3.05) is 0 Å². The third kappa shape index (κ3) is 3.08. The summed E-state index contributed by atoms with van der Waals surface area (Å²) in [5, 5.41) is 14.2. The van der Waals surface area contributed by atoms with Crippen LogP contribution in [0.15, 0.2) is 36.8 Å². The van der Waals surface area contributed by atoms with Crippen molar-refractivity contribution in [3.8, 4) is 0 Å². The predicted octanol–water partition coefficient (Wildman–Crippen LogP) is 3.13. The van der Waals surface area contributed by atoms with Crippen LogP contribution in [-0.4, -0.2) is 31.7 Å². The lowest BCUT2D eigenvalue weighted by Gasteiger charge is -2.26. The molecule has 0 radical (unpaired) electrons. The number of hydrogen-bond acceptors (Lipinski definition) is 4. The zero-order valence-electron chi connectivity index (χ0n) is 14.8. The standard InChI is InChI=1S/C20H22N4O2/c1-13-5-7-14(8-6-13)11-24-18(20(25)26)16(10-22-15-3-2-4-15)17-9-21-12-23-19(17)24/h5-9,12,15,22H,2-4,10-11H2,1H3,(H,25,26). The minimum atomic E-state index is -0.930. The van der Waals surface area contributed by atoms with Gasteiger partial charge in [0.05, 0.1) is 0 Å². The molecule has 1 saturated carbocycles. The Bertz CT molecular complexity index is 942. The summed E-state index contributed by atoms with van der Waals surface area (Å²) in [6, 6.07) is 8.61. The summed E-state index contributed by atoms with van der Waals surface area (Å²) in [6.45, 7) is 3.03. The molecule has 0 saturated heterocycles. The maximum absolute atomic E-state index is 12.1. The van der Waals surface area contributed by atoms with E-state index in [1.54, 1.807) is 10.8 Å². The van der Waals surface area contributed by atoms with Gasteiger partial charge in [-0.25, -0.2) is 14.8 Å². The van der Waals surface area contributed by atoms with Crippen molar-refractivity contribution in [1.82, 2.24) is 19.9 Å². The largest absolute Gasteiger partial charge is 0.477 e. The van der Waals surface area contributed by atoms with E-state index in [0.717, 1.165) is 29.4 Å². The molecule has 1 aliphatic rings. The molecule has 26 heavy (non-hydrogen) atoms. The van der Waals surface area contributed by atoms with E-state index in [9.17, 15) is 9.90 Å². The third-order valence-electron chi connectivity index (χ3n) is 5.16. The molecule has 3 aromatic rings. The lowest BCUT2D eigenvalue weighted by Crippen LogP contribution is -2.34. The van der Waals surface area contributed by atoms with Crippen molar-refractivity contribution in [3.05, 3.63) is 59.2 Å². The van der Waals surface area contributed by atoms with Crippen molar-refractivity contribution >= 4 is 17.0 Å². The van der Waals surface area contributed by atoms with E-state index in [1.807, 2.05) is 31.2 Å². The Hall–Kier alpha value is -2.73. The van der Waals surface area contributed by atoms with E-state index in [-0.39, 0.29) is 0 Å². The fraction of sp³-hybridized carbons (Fsp3) is 0.350. The monoisotopic (exact) mass is 350 g/mol. The number of carbonyl (C=O) groups is 1. The summed E-state index contributed by atoms with van der Waals surface area (Å²) in [4.78, 5) is 20.6. The van der Waals surface area contributed by atoms with Gasteiger partial charge >= 0.3 is 5.97 Å². The van der Waals surface area contributed by atoms with Crippen molar-refractivity contribution in [1.29, 1.82) is 0 Å². The number of fused-ring (bicyclic) bond motifs is 1. The van der Waals surface area contributed by atoms with Gasteiger partial charge in [-0.3, -0.25) is 0 Å². The number of aromatic nitrogens is 3. The molecule has 0 unspecified atom stereocenters.